The lowest BCUT2D eigenvalue weighted by molar-refractivity contribution is 0.295. The molecule has 154 valence electrons. The lowest BCUT2D eigenvalue weighted by atomic mass is 9.75. The summed E-state index contributed by atoms with van der Waals surface area (Å²) in [5.41, 5.74) is 1.91. The van der Waals surface area contributed by atoms with Crippen molar-refractivity contribution in [3.8, 4) is 0 Å². The van der Waals surface area contributed by atoms with Crippen molar-refractivity contribution < 1.29 is 12.8 Å². The molecule has 1 aliphatic heterocycles. The Kier molecular flexibility index (Phi) is 5.43. The van der Waals surface area contributed by atoms with Crippen molar-refractivity contribution >= 4 is 16.1 Å². The second-order valence-corrected chi connectivity index (χ2v) is 9.60. The fraction of sp³-hybridized carbons (Fsp3) is 0.208. The van der Waals surface area contributed by atoms with Crippen LogP contribution in [0.3, 0.4) is 0 Å². The van der Waals surface area contributed by atoms with Gasteiger partial charge in [-0.25, -0.2) is 12.8 Å². The SMILES string of the molecule is CS(=O)(=O)c1ccccc1C1(c2ccc(F)cc2)C=NN(CCc2ccccc2)C1. The molecule has 0 amide bonds. The summed E-state index contributed by atoms with van der Waals surface area (Å²) in [5.74, 6) is -0.332. The van der Waals surface area contributed by atoms with Crippen molar-refractivity contribution in [2.24, 2.45) is 5.10 Å². The molecule has 0 aliphatic carbocycles. The Labute approximate surface area is 176 Å². The first-order valence-corrected chi connectivity index (χ1v) is 11.7. The van der Waals surface area contributed by atoms with Crippen LogP contribution in [0.4, 0.5) is 4.39 Å². The first-order chi connectivity index (χ1) is 14.4. The zero-order valence-electron chi connectivity index (χ0n) is 16.7. The van der Waals surface area contributed by atoms with Gasteiger partial charge in [0.1, 0.15) is 5.82 Å². The topological polar surface area (TPSA) is 49.7 Å². The van der Waals surface area contributed by atoms with Gasteiger partial charge in [0.05, 0.1) is 16.9 Å². The van der Waals surface area contributed by atoms with Crippen molar-refractivity contribution in [1.82, 2.24) is 5.01 Å². The van der Waals surface area contributed by atoms with E-state index in [2.05, 4.69) is 17.2 Å². The summed E-state index contributed by atoms with van der Waals surface area (Å²) in [6.07, 6.45) is 3.84. The molecule has 0 spiro atoms. The van der Waals surface area contributed by atoms with Crippen LogP contribution >= 0.6 is 0 Å². The molecule has 1 atom stereocenters. The molecule has 30 heavy (non-hydrogen) atoms. The molecule has 0 N–H and O–H groups in total. The van der Waals surface area contributed by atoms with E-state index in [4.69, 9.17) is 0 Å². The van der Waals surface area contributed by atoms with Gasteiger partial charge in [-0.05, 0) is 41.3 Å². The van der Waals surface area contributed by atoms with E-state index in [1.54, 1.807) is 30.5 Å². The summed E-state index contributed by atoms with van der Waals surface area (Å²) < 4.78 is 38.6. The van der Waals surface area contributed by atoms with E-state index >= 15 is 0 Å². The van der Waals surface area contributed by atoms with Crippen LogP contribution < -0.4 is 0 Å². The number of hydrazone groups is 1. The molecular formula is C24H23FN2O2S. The molecule has 0 aromatic heterocycles. The average Bonchev–Trinajstić information content (AvgIpc) is 3.18. The second-order valence-electron chi connectivity index (χ2n) is 7.61. The van der Waals surface area contributed by atoms with Gasteiger partial charge in [-0.15, -0.1) is 0 Å². The maximum absolute atomic E-state index is 13.6. The molecule has 4 nitrogen and oxygen atoms in total. The first kappa shape index (κ1) is 20.3. The maximum atomic E-state index is 13.6. The van der Waals surface area contributed by atoms with Crippen LogP contribution in [-0.2, 0) is 21.7 Å². The van der Waals surface area contributed by atoms with Gasteiger partial charge in [0.25, 0.3) is 0 Å². The van der Waals surface area contributed by atoms with E-state index < -0.39 is 15.3 Å². The Morgan fingerprint density at radius 2 is 1.63 bits per heavy atom. The summed E-state index contributed by atoms with van der Waals surface area (Å²) in [7, 11) is -3.45. The molecule has 3 aromatic carbocycles. The predicted molar refractivity (Wildman–Crippen MR) is 117 cm³/mol. The molecule has 3 aromatic rings. The minimum absolute atomic E-state index is 0.269. The van der Waals surface area contributed by atoms with Crippen LogP contribution in [0.15, 0.2) is 88.9 Å². The molecule has 0 saturated carbocycles. The second kappa shape index (κ2) is 8.03. The molecule has 1 heterocycles. The van der Waals surface area contributed by atoms with Crippen molar-refractivity contribution in [3.63, 3.8) is 0 Å². The molecule has 0 fully saturated rings. The first-order valence-electron chi connectivity index (χ1n) is 9.78. The quantitative estimate of drug-likeness (QED) is 0.602. The minimum Gasteiger partial charge on any atom is -0.295 e. The number of benzene rings is 3. The Balaban J connectivity index is 1.73. The predicted octanol–water partition coefficient (Wildman–Crippen LogP) is 4.06. The summed E-state index contributed by atoms with van der Waals surface area (Å²) in [6, 6.07) is 23.4. The van der Waals surface area contributed by atoms with E-state index in [0.717, 1.165) is 12.0 Å². The van der Waals surface area contributed by atoms with Crippen molar-refractivity contribution in [3.05, 3.63) is 101 Å². The highest BCUT2D eigenvalue weighted by atomic mass is 32.2. The number of hydrogen-bond acceptors (Lipinski definition) is 4. The third-order valence-corrected chi connectivity index (χ3v) is 6.66. The van der Waals surface area contributed by atoms with E-state index in [1.807, 2.05) is 35.3 Å². The number of sulfone groups is 1. The highest BCUT2D eigenvalue weighted by Crippen LogP contribution is 2.38. The Morgan fingerprint density at radius 3 is 2.33 bits per heavy atom. The summed E-state index contributed by atoms with van der Waals surface area (Å²) in [5, 5.41) is 6.58. The van der Waals surface area contributed by atoms with Gasteiger partial charge < -0.3 is 0 Å². The van der Waals surface area contributed by atoms with Crippen molar-refractivity contribution in [2.45, 2.75) is 16.7 Å². The minimum atomic E-state index is -3.45. The lowest BCUT2D eigenvalue weighted by Gasteiger charge is -2.30. The van der Waals surface area contributed by atoms with Crippen molar-refractivity contribution in [1.29, 1.82) is 0 Å². The Hall–Kier alpha value is -2.99. The van der Waals surface area contributed by atoms with Crippen LogP contribution in [0, 0.1) is 5.82 Å². The Bertz CT molecular complexity index is 1160. The van der Waals surface area contributed by atoms with Gasteiger partial charge in [-0.1, -0.05) is 60.7 Å². The summed E-state index contributed by atoms with van der Waals surface area (Å²) in [6.45, 7) is 1.18. The van der Waals surface area contributed by atoms with Gasteiger partial charge in [-0.2, -0.15) is 5.10 Å². The standard InChI is InChI=1S/C24H23FN2O2S/c1-30(28,29)23-10-6-5-9-22(23)24(20-11-13-21(25)14-12-20)17-26-27(18-24)16-15-19-7-3-2-4-8-19/h2-14,17H,15-16,18H2,1H3. The van der Waals surface area contributed by atoms with E-state index in [0.29, 0.717) is 18.7 Å². The normalized spacial score (nSPS) is 18.7. The fourth-order valence-electron chi connectivity index (χ4n) is 3.97. The highest BCUT2D eigenvalue weighted by Gasteiger charge is 2.41. The summed E-state index contributed by atoms with van der Waals surface area (Å²) >= 11 is 0. The smallest absolute Gasteiger partial charge is 0.175 e. The highest BCUT2D eigenvalue weighted by molar-refractivity contribution is 7.90. The van der Waals surface area contributed by atoms with Crippen LogP contribution in [-0.4, -0.2) is 39.0 Å². The number of nitrogens with zero attached hydrogens (tertiary/aromatic N) is 2. The molecule has 6 heteroatoms. The van der Waals surface area contributed by atoms with Crippen LogP contribution in [0.5, 0.6) is 0 Å². The largest absolute Gasteiger partial charge is 0.295 e. The number of rotatable bonds is 6. The van der Waals surface area contributed by atoms with Gasteiger partial charge in [0.15, 0.2) is 9.84 Å². The number of hydrogen-bond donors (Lipinski definition) is 0. The molecule has 1 unspecified atom stereocenters. The maximum Gasteiger partial charge on any atom is 0.175 e. The molecule has 0 bridgehead atoms. The third-order valence-electron chi connectivity index (χ3n) is 5.50. The van der Waals surface area contributed by atoms with Crippen LogP contribution in [0.25, 0.3) is 0 Å². The van der Waals surface area contributed by atoms with Crippen LogP contribution in [0.1, 0.15) is 16.7 Å². The van der Waals surface area contributed by atoms with Gasteiger partial charge >= 0.3 is 0 Å². The monoisotopic (exact) mass is 422 g/mol. The molecular weight excluding hydrogens is 399 g/mol. The van der Waals surface area contributed by atoms with E-state index in [1.165, 1.54) is 24.0 Å². The number of halogens is 1. The van der Waals surface area contributed by atoms with Crippen LogP contribution in [0.2, 0.25) is 0 Å². The average molecular weight is 423 g/mol. The summed E-state index contributed by atoms with van der Waals surface area (Å²) in [4.78, 5) is 0.269. The Morgan fingerprint density at radius 1 is 0.967 bits per heavy atom. The zero-order chi connectivity index (χ0) is 21.2. The van der Waals surface area contributed by atoms with Crippen molar-refractivity contribution in [2.75, 3.05) is 19.3 Å². The van der Waals surface area contributed by atoms with E-state index in [-0.39, 0.29) is 10.7 Å². The van der Waals surface area contributed by atoms with Gasteiger partial charge in [0, 0.05) is 19.0 Å². The third kappa shape index (κ3) is 4.00. The fourth-order valence-corrected chi connectivity index (χ4v) is 4.95. The van der Waals surface area contributed by atoms with Gasteiger partial charge in [0.2, 0.25) is 0 Å². The zero-order valence-corrected chi connectivity index (χ0v) is 17.5. The molecule has 0 saturated heterocycles. The molecule has 0 radical (unpaired) electrons. The van der Waals surface area contributed by atoms with Gasteiger partial charge in [-0.3, -0.25) is 5.01 Å². The van der Waals surface area contributed by atoms with E-state index in [9.17, 15) is 12.8 Å². The lowest BCUT2D eigenvalue weighted by Crippen LogP contribution is -2.37. The molecule has 1 aliphatic rings. The molecule has 4 rings (SSSR count).